The van der Waals surface area contributed by atoms with Crippen LogP contribution in [0.4, 0.5) is 36.3 Å². The molecule has 1 atom stereocenters. The zero-order valence-electron chi connectivity index (χ0n) is 25.3. The highest BCUT2D eigenvalue weighted by Gasteiger charge is 2.36. The van der Waals surface area contributed by atoms with Crippen molar-refractivity contribution in [1.29, 1.82) is 0 Å². The smallest absolute Gasteiger partial charge is 0.421 e. The molecule has 14 nitrogen and oxygen atoms in total. The molecule has 0 aliphatic rings. The number of aryl methyl sites for hydroxylation is 1. The number of halogens is 4. The maximum Gasteiger partial charge on any atom is 0.421 e. The van der Waals surface area contributed by atoms with Crippen molar-refractivity contribution >= 4 is 48.2 Å². The van der Waals surface area contributed by atoms with Crippen molar-refractivity contribution in [2.24, 2.45) is 0 Å². The number of amides is 1. The number of nitrogens with one attached hydrogen (secondary N) is 3. The molecule has 19 heteroatoms. The minimum Gasteiger partial charge on any atom is -0.495 e. The van der Waals surface area contributed by atoms with Gasteiger partial charge in [-0.3, -0.25) is 14.0 Å². The van der Waals surface area contributed by atoms with Crippen LogP contribution in [0.25, 0.3) is 11.3 Å². The minimum absolute atomic E-state index is 0.0448. The van der Waals surface area contributed by atoms with Crippen LogP contribution in [0.15, 0.2) is 42.7 Å². The number of hydrogen-bond donors (Lipinski definition) is 5. The van der Waals surface area contributed by atoms with E-state index < -0.39 is 31.1 Å². The van der Waals surface area contributed by atoms with Gasteiger partial charge in [0, 0.05) is 26.4 Å². The van der Waals surface area contributed by atoms with Gasteiger partial charge in [-0.05, 0) is 43.2 Å². The summed E-state index contributed by atoms with van der Waals surface area (Å²) in [5.41, 5.74) is -0.318. The molecule has 5 N–H and O–H groups in total. The number of hydrogen-bond acceptors (Lipinski definition) is 11. The lowest BCUT2D eigenvalue weighted by atomic mass is 10.1. The molecule has 3 heterocycles. The third kappa shape index (κ3) is 8.75. The summed E-state index contributed by atoms with van der Waals surface area (Å²) in [7, 11) is -1.22. The molecule has 0 saturated heterocycles. The molecule has 1 amide bonds. The van der Waals surface area contributed by atoms with Gasteiger partial charge in [-0.1, -0.05) is 17.7 Å². The van der Waals surface area contributed by atoms with E-state index in [0.717, 1.165) is 0 Å². The second-order valence-corrected chi connectivity index (χ2v) is 12.0. The third-order valence-electron chi connectivity index (χ3n) is 6.49. The van der Waals surface area contributed by atoms with E-state index in [4.69, 9.17) is 26.0 Å². The number of pyridine rings is 1. The highest BCUT2D eigenvalue weighted by atomic mass is 35.5. The second-order valence-electron chi connectivity index (χ2n) is 9.77. The van der Waals surface area contributed by atoms with Crippen LogP contribution in [0.3, 0.4) is 0 Å². The minimum atomic E-state index is -4.88. The van der Waals surface area contributed by atoms with Crippen molar-refractivity contribution in [2.75, 3.05) is 38.0 Å². The van der Waals surface area contributed by atoms with Gasteiger partial charge in [-0.25, -0.2) is 9.97 Å². The summed E-state index contributed by atoms with van der Waals surface area (Å²) in [4.78, 5) is 35.0. The van der Waals surface area contributed by atoms with Gasteiger partial charge in [0.1, 0.15) is 22.3 Å². The molecule has 4 aromatic rings. The number of rotatable bonds is 14. The second kappa shape index (κ2) is 15.1. The lowest BCUT2D eigenvalue weighted by molar-refractivity contribution is -0.137. The fourth-order valence-corrected chi connectivity index (χ4v) is 5.75. The van der Waals surface area contributed by atoms with Gasteiger partial charge in [0.05, 0.1) is 48.7 Å². The maximum atomic E-state index is 14.1. The van der Waals surface area contributed by atoms with Crippen LogP contribution in [0.2, 0.25) is 5.15 Å². The van der Waals surface area contributed by atoms with E-state index in [9.17, 15) is 27.4 Å². The quantitative estimate of drug-likeness (QED) is 0.106. The number of aliphatic hydroxyl groups is 1. The van der Waals surface area contributed by atoms with Crippen molar-refractivity contribution < 1.29 is 41.8 Å². The van der Waals surface area contributed by atoms with Crippen LogP contribution in [0.5, 0.6) is 5.75 Å². The van der Waals surface area contributed by atoms with E-state index >= 15 is 0 Å². The van der Waals surface area contributed by atoms with Gasteiger partial charge in [-0.15, -0.1) is 0 Å². The number of aliphatic hydroxyl groups excluding tert-OH is 1. The number of ether oxygens (including phenoxy) is 1. The molecule has 3 aromatic heterocycles. The van der Waals surface area contributed by atoms with E-state index in [-0.39, 0.29) is 59.0 Å². The average Bonchev–Trinajstić information content (AvgIpc) is 3.39. The topological polar surface area (TPSA) is 186 Å². The molecule has 252 valence electrons. The number of anilines is 4. The lowest BCUT2D eigenvalue weighted by Crippen LogP contribution is -2.21. The summed E-state index contributed by atoms with van der Waals surface area (Å²) >= 11 is 6.43. The summed E-state index contributed by atoms with van der Waals surface area (Å²) in [6.45, 7) is 1.89. The number of nitrogens with zero attached hydrogens (tertiary/aromatic N) is 5. The fourth-order valence-electron chi connectivity index (χ4n) is 4.33. The Morgan fingerprint density at radius 2 is 1.87 bits per heavy atom. The Labute approximate surface area is 271 Å². The maximum absolute atomic E-state index is 14.1. The first kappa shape index (κ1) is 35.6. The Morgan fingerprint density at radius 1 is 1.13 bits per heavy atom. The summed E-state index contributed by atoms with van der Waals surface area (Å²) in [6.07, 6.45) is -2.77. The summed E-state index contributed by atoms with van der Waals surface area (Å²) < 4.78 is 66.1. The molecule has 1 unspecified atom stereocenters. The Hall–Kier alpha value is -4.28. The molecule has 0 bridgehead atoms. The SMILES string of the molecule is CCOP(=O)(O)Cc1ccc(Nc2ncc(C(F)(F)F)c(Nc3ccc(-c4cnn(CCCO)c4Cl)nc3C(=O)NC)n2)c(OC)c1. The Bertz CT molecular complexity index is 1790. The first-order chi connectivity index (χ1) is 22.3. The van der Waals surface area contributed by atoms with Gasteiger partial charge in [0.25, 0.3) is 5.91 Å². The van der Waals surface area contributed by atoms with Crippen LogP contribution >= 0.6 is 19.2 Å². The normalized spacial score (nSPS) is 12.8. The Balaban J connectivity index is 1.69. The fraction of sp³-hybridized carbons (Fsp3) is 0.321. The van der Waals surface area contributed by atoms with Crippen molar-refractivity contribution in [1.82, 2.24) is 30.0 Å². The monoisotopic (exact) mass is 698 g/mol. The van der Waals surface area contributed by atoms with Crippen LogP contribution < -0.4 is 20.7 Å². The summed E-state index contributed by atoms with van der Waals surface area (Å²) in [5.74, 6) is -1.46. The third-order valence-corrected chi connectivity index (χ3v) is 8.31. The molecule has 0 aliphatic heterocycles. The van der Waals surface area contributed by atoms with Gasteiger partial charge in [0.15, 0.2) is 5.69 Å². The van der Waals surface area contributed by atoms with Crippen LogP contribution in [-0.2, 0) is 28.0 Å². The number of carbonyl (C=O) groups is 1. The van der Waals surface area contributed by atoms with Gasteiger partial charge in [-0.2, -0.15) is 23.3 Å². The highest BCUT2D eigenvalue weighted by Crippen LogP contribution is 2.46. The molecular formula is C28H31ClF3N8O6P. The molecule has 1 aromatic carbocycles. The number of alkyl halides is 3. The molecule has 0 spiro atoms. The summed E-state index contributed by atoms with van der Waals surface area (Å²) in [6, 6.07) is 7.27. The van der Waals surface area contributed by atoms with E-state index in [1.165, 1.54) is 55.4 Å². The Morgan fingerprint density at radius 3 is 2.53 bits per heavy atom. The van der Waals surface area contributed by atoms with E-state index in [1.54, 1.807) is 6.92 Å². The van der Waals surface area contributed by atoms with Crippen molar-refractivity contribution in [2.45, 2.75) is 32.2 Å². The van der Waals surface area contributed by atoms with Crippen molar-refractivity contribution in [3.05, 3.63) is 64.7 Å². The van der Waals surface area contributed by atoms with Gasteiger partial charge >= 0.3 is 13.8 Å². The summed E-state index contributed by atoms with van der Waals surface area (Å²) in [5, 5.41) is 21.3. The van der Waals surface area contributed by atoms with Crippen LogP contribution in [0, 0.1) is 0 Å². The largest absolute Gasteiger partial charge is 0.495 e. The van der Waals surface area contributed by atoms with E-state index in [0.29, 0.717) is 30.3 Å². The number of aromatic nitrogens is 5. The van der Waals surface area contributed by atoms with Gasteiger partial charge in [0.2, 0.25) is 5.95 Å². The zero-order valence-corrected chi connectivity index (χ0v) is 26.9. The molecule has 47 heavy (non-hydrogen) atoms. The van der Waals surface area contributed by atoms with Gasteiger partial charge < -0.3 is 35.2 Å². The molecule has 0 aliphatic carbocycles. The Kier molecular flexibility index (Phi) is 11.4. The standard InChI is InChI=1S/C28H31ClF3N8O6P/c1-4-46-47(43,44)15-16-6-7-20(22(12-16)45-3)38-27-34-14-18(28(30,31)32)25(39-27)37-21-9-8-19(36-23(21)26(42)33-2)17-13-35-40(24(17)29)10-5-11-41/h6-9,12-14,41H,4-5,10-11,15H2,1-3H3,(H,33,42)(H,43,44)(H2,34,37,38,39). The van der Waals surface area contributed by atoms with Crippen LogP contribution in [-0.4, -0.2) is 68.0 Å². The van der Waals surface area contributed by atoms with Crippen molar-refractivity contribution in [3.8, 4) is 17.0 Å². The zero-order chi connectivity index (χ0) is 34.4. The molecule has 0 radical (unpaired) electrons. The van der Waals surface area contributed by atoms with E-state index in [2.05, 4.69) is 36.0 Å². The molecule has 4 rings (SSSR count). The predicted octanol–water partition coefficient (Wildman–Crippen LogP) is 5.37. The molecule has 0 saturated carbocycles. The first-order valence-corrected chi connectivity index (χ1v) is 16.1. The number of benzene rings is 1. The number of carbonyl (C=O) groups excluding carboxylic acids is 1. The van der Waals surface area contributed by atoms with Crippen molar-refractivity contribution in [3.63, 3.8) is 0 Å². The average molecular weight is 699 g/mol. The predicted molar refractivity (Wildman–Crippen MR) is 167 cm³/mol. The highest BCUT2D eigenvalue weighted by molar-refractivity contribution is 7.51. The number of methoxy groups -OCH3 is 1. The lowest BCUT2D eigenvalue weighted by Gasteiger charge is -2.17. The van der Waals surface area contributed by atoms with E-state index in [1.807, 2.05) is 0 Å². The van der Waals surface area contributed by atoms with Crippen LogP contribution in [0.1, 0.15) is 35.0 Å². The molecular weight excluding hydrogens is 668 g/mol. The molecule has 0 fully saturated rings. The first-order valence-electron chi connectivity index (χ1n) is 14.0.